The van der Waals surface area contributed by atoms with E-state index in [0.29, 0.717) is 19.0 Å². The third-order valence-electron chi connectivity index (χ3n) is 5.10. The first kappa shape index (κ1) is 20.5. The van der Waals surface area contributed by atoms with Crippen molar-refractivity contribution in [1.82, 2.24) is 9.62 Å². The summed E-state index contributed by atoms with van der Waals surface area (Å²) in [5.41, 5.74) is 0.869. The van der Waals surface area contributed by atoms with Crippen molar-refractivity contribution in [1.29, 1.82) is 0 Å². The van der Waals surface area contributed by atoms with Crippen molar-refractivity contribution in [3.8, 4) is 0 Å². The smallest absolute Gasteiger partial charge is 0.241 e. The second-order valence-corrected chi connectivity index (χ2v) is 9.04. The van der Waals surface area contributed by atoms with Gasteiger partial charge in [-0.2, -0.15) is 4.72 Å². The van der Waals surface area contributed by atoms with Crippen LogP contribution in [0.5, 0.6) is 0 Å². The average Bonchev–Trinajstić information content (AvgIpc) is 2.68. The van der Waals surface area contributed by atoms with Gasteiger partial charge in [-0.15, -0.1) is 0 Å². The second kappa shape index (κ2) is 8.84. The number of carbonyl (C=O) groups excluding carboxylic acids is 1. The van der Waals surface area contributed by atoms with Gasteiger partial charge in [0.15, 0.2) is 0 Å². The Kier molecular flexibility index (Phi) is 6.46. The summed E-state index contributed by atoms with van der Waals surface area (Å²) in [5.74, 6) is -0.174. The Bertz CT molecular complexity index is 893. The molecule has 5 nitrogen and oxygen atoms in total. The van der Waals surface area contributed by atoms with Crippen LogP contribution in [0.3, 0.4) is 0 Å². The third-order valence-corrected chi connectivity index (χ3v) is 6.58. The molecular formula is C21H25FN2O3S. The summed E-state index contributed by atoms with van der Waals surface area (Å²) >= 11 is 0. The van der Waals surface area contributed by atoms with E-state index in [2.05, 4.69) is 11.6 Å². The highest BCUT2D eigenvalue weighted by molar-refractivity contribution is 7.89. The Hall–Kier alpha value is -2.25. The zero-order valence-electron chi connectivity index (χ0n) is 15.8. The van der Waals surface area contributed by atoms with E-state index in [-0.39, 0.29) is 17.2 Å². The maximum absolute atomic E-state index is 13.2. The molecule has 0 saturated carbocycles. The Morgan fingerprint density at radius 1 is 1.11 bits per heavy atom. The number of halogens is 1. The monoisotopic (exact) mass is 404 g/mol. The molecule has 1 aliphatic rings. The second-order valence-electron chi connectivity index (χ2n) is 7.33. The van der Waals surface area contributed by atoms with Crippen LogP contribution in [0.15, 0.2) is 59.5 Å². The maximum atomic E-state index is 13.2. The number of sulfonamides is 1. The van der Waals surface area contributed by atoms with Gasteiger partial charge in [-0.05, 0) is 55.0 Å². The number of hydrogen-bond acceptors (Lipinski definition) is 3. The molecule has 0 aromatic heterocycles. The molecule has 0 aliphatic carbocycles. The van der Waals surface area contributed by atoms with Gasteiger partial charge < -0.3 is 4.90 Å². The molecule has 28 heavy (non-hydrogen) atoms. The van der Waals surface area contributed by atoms with Gasteiger partial charge in [0, 0.05) is 13.1 Å². The summed E-state index contributed by atoms with van der Waals surface area (Å²) in [4.78, 5) is 14.8. The lowest BCUT2D eigenvalue weighted by Crippen LogP contribution is -2.51. The molecule has 1 saturated heterocycles. The molecule has 2 aromatic carbocycles. The molecule has 1 N–H and O–H groups in total. The highest BCUT2D eigenvalue weighted by atomic mass is 32.2. The molecule has 1 unspecified atom stereocenters. The number of benzene rings is 2. The van der Waals surface area contributed by atoms with E-state index in [9.17, 15) is 17.6 Å². The van der Waals surface area contributed by atoms with Gasteiger partial charge in [-0.25, -0.2) is 12.8 Å². The molecular weight excluding hydrogens is 379 g/mol. The fourth-order valence-corrected chi connectivity index (χ4v) is 4.54. The van der Waals surface area contributed by atoms with E-state index in [1.165, 1.54) is 12.1 Å². The van der Waals surface area contributed by atoms with Crippen LogP contribution in [0, 0.1) is 11.7 Å². The summed E-state index contributed by atoms with van der Waals surface area (Å²) in [7, 11) is -3.95. The largest absolute Gasteiger partial charge is 0.341 e. The van der Waals surface area contributed by atoms with Crippen molar-refractivity contribution in [2.45, 2.75) is 37.1 Å². The van der Waals surface area contributed by atoms with Crippen LogP contribution in [0.25, 0.3) is 0 Å². The Labute approximate surface area is 165 Å². The van der Waals surface area contributed by atoms with Gasteiger partial charge in [-0.3, -0.25) is 4.79 Å². The number of nitrogens with one attached hydrogen (secondary N) is 1. The molecule has 7 heteroatoms. The van der Waals surface area contributed by atoms with Gasteiger partial charge in [0.2, 0.25) is 15.9 Å². The van der Waals surface area contributed by atoms with E-state index >= 15 is 0 Å². The lowest BCUT2D eigenvalue weighted by Gasteiger charge is -2.33. The molecule has 1 fully saturated rings. The van der Waals surface area contributed by atoms with Gasteiger partial charge >= 0.3 is 0 Å². The van der Waals surface area contributed by atoms with Gasteiger partial charge in [0.1, 0.15) is 11.9 Å². The predicted molar refractivity (Wildman–Crippen MR) is 106 cm³/mol. The topological polar surface area (TPSA) is 66.5 Å². The number of amides is 1. The van der Waals surface area contributed by atoms with Crippen molar-refractivity contribution < 1.29 is 17.6 Å². The van der Waals surface area contributed by atoms with Crippen LogP contribution in [0.2, 0.25) is 0 Å². The quantitative estimate of drug-likeness (QED) is 0.805. The van der Waals surface area contributed by atoms with Gasteiger partial charge in [-0.1, -0.05) is 37.3 Å². The minimum atomic E-state index is -3.95. The van der Waals surface area contributed by atoms with Crippen LogP contribution in [-0.4, -0.2) is 38.4 Å². The highest BCUT2D eigenvalue weighted by Crippen LogP contribution is 2.19. The third kappa shape index (κ3) is 5.17. The highest BCUT2D eigenvalue weighted by Gasteiger charge is 2.31. The lowest BCUT2D eigenvalue weighted by atomic mass is 9.98. The van der Waals surface area contributed by atoms with Crippen LogP contribution < -0.4 is 4.72 Å². The molecule has 2 aromatic rings. The van der Waals surface area contributed by atoms with E-state index in [0.717, 1.165) is 30.5 Å². The minimum absolute atomic E-state index is 0.0629. The number of rotatable bonds is 6. The van der Waals surface area contributed by atoms with E-state index in [4.69, 9.17) is 0 Å². The van der Waals surface area contributed by atoms with Crippen molar-refractivity contribution in [2.75, 3.05) is 13.1 Å². The zero-order chi connectivity index (χ0) is 20.1. The number of piperidine rings is 1. The molecule has 0 spiro atoms. The molecule has 1 atom stereocenters. The fraction of sp³-hybridized carbons (Fsp3) is 0.381. The van der Waals surface area contributed by atoms with Crippen LogP contribution >= 0.6 is 0 Å². The van der Waals surface area contributed by atoms with E-state index in [1.54, 1.807) is 4.90 Å². The SMILES string of the molecule is CC1CCN(C(=O)C(Cc2ccccc2)NS(=O)(=O)c2ccc(F)cc2)CC1. The molecule has 1 amide bonds. The normalized spacial score (nSPS) is 16.7. The standard InChI is InChI=1S/C21H25FN2O3S/c1-16-11-13-24(14-12-16)21(25)20(15-17-5-3-2-4-6-17)23-28(26,27)19-9-7-18(22)8-10-19/h2-10,16,20,23H,11-15H2,1H3. The van der Waals surface area contributed by atoms with E-state index in [1.807, 2.05) is 30.3 Å². The number of likely N-dealkylation sites (tertiary alicyclic amines) is 1. The van der Waals surface area contributed by atoms with Crippen LogP contribution in [0.1, 0.15) is 25.3 Å². The van der Waals surface area contributed by atoms with Gasteiger partial charge in [0.05, 0.1) is 4.90 Å². The summed E-state index contributed by atoms with van der Waals surface area (Å²) in [5, 5.41) is 0. The number of carbonyl (C=O) groups is 1. The summed E-state index contributed by atoms with van der Waals surface area (Å²) in [6.45, 7) is 3.41. The first-order valence-corrected chi connectivity index (χ1v) is 10.9. The lowest BCUT2D eigenvalue weighted by molar-refractivity contribution is -0.134. The zero-order valence-corrected chi connectivity index (χ0v) is 16.7. The van der Waals surface area contributed by atoms with Crippen molar-refractivity contribution in [3.05, 3.63) is 66.0 Å². The van der Waals surface area contributed by atoms with Crippen LogP contribution in [0.4, 0.5) is 4.39 Å². The predicted octanol–water partition coefficient (Wildman–Crippen LogP) is 2.97. The molecule has 0 bridgehead atoms. The summed E-state index contributed by atoms with van der Waals surface area (Å²) in [6.07, 6.45) is 2.08. The van der Waals surface area contributed by atoms with Crippen LogP contribution in [-0.2, 0) is 21.2 Å². The molecule has 1 heterocycles. The van der Waals surface area contributed by atoms with Crippen molar-refractivity contribution in [3.63, 3.8) is 0 Å². The fourth-order valence-electron chi connectivity index (χ4n) is 3.35. The molecule has 1 aliphatic heterocycles. The Morgan fingerprint density at radius 2 is 1.71 bits per heavy atom. The number of nitrogens with zero attached hydrogens (tertiary/aromatic N) is 1. The number of hydrogen-bond donors (Lipinski definition) is 1. The maximum Gasteiger partial charge on any atom is 0.241 e. The first-order chi connectivity index (χ1) is 13.3. The summed E-state index contributed by atoms with van der Waals surface area (Å²) < 4.78 is 41.3. The molecule has 0 radical (unpaired) electrons. The Balaban J connectivity index is 1.83. The van der Waals surface area contributed by atoms with Gasteiger partial charge in [0.25, 0.3) is 0 Å². The Morgan fingerprint density at radius 3 is 2.32 bits per heavy atom. The van der Waals surface area contributed by atoms with Crippen molar-refractivity contribution in [2.24, 2.45) is 5.92 Å². The first-order valence-electron chi connectivity index (χ1n) is 9.46. The summed E-state index contributed by atoms with van der Waals surface area (Å²) in [6, 6.07) is 13.0. The van der Waals surface area contributed by atoms with Crippen molar-refractivity contribution >= 4 is 15.9 Å². The average molecular weight is 405 g/mol. The van der Waals surface area contributed by atoms with E-state index < -0.39 is 21.9 Å². The molecule has 3 rings (SSSR count). The molecule has 150 valence electrons. The minimum Gasteiger partial charge on any atom is -0.341 e.